The van der Waals surface area contributed by atoms with Crippen LogP contribution in [0.4, 0.5) is 0 Å². The molecule has 2 saturated carbocycles. The molecule has 21 heavy (non-hydrogen) atoms. The predicted molar refractivity (Wildman–Crippen MR) is 82.7 cm³/mol. The molecule has 3 nitrogen and oxygen atoms in total. The molecule has 1 amide bonds. The third kappa shape index (κ3) is 2.59. The lowest BCUT2D eigenvalue weighted by Crippen LogP contribution is -2.43. The third-order valence-electron chi connectivity index (χ3n) is 5.29. The van der Waals surface area contributed by atoms with Gasteiger partial charge in [-0.2, -0.15) is 0 Å². The Bertz CT molecular complexity index is 505. The Balaban J connectivity index is 1.51. The highest BCUT2D eigenvalue weighted by molar-refractivity contribution is 5.85. The highest BCUT2D eigenvalue weighted by atomic mass is 16.2. The Hall–Kier alpha value is -1.35. The number of hydrogen-bond acceptors (Lipinski definition) is 2. The molecular weight excluding hydrogens is 260 g/mol. The number of nitrogens with zero attached hydrogens (tertiary/aromatic N) is 1. The van der Waals surface area contributed by atoms with Gasteiger partial charge in [-0.25, -0.2) is 0 Å². The van der Waals surface area contributed by atoms with Crippen molar-refractivity contribution in [2.75, 3.05) is 0 Å². The van der Waals surface area contributed by atoms with Crippen LogP contribution in [0.3, 0.4) is 0 Å². The van der Waals surface area contributed by atoms with Crippen molar-refractivity contribution in [1.82, 2.24) is 10.2 Å². The Kier molecular flexibility index (Phi) is 3.46. The first-order chi connectivity index (χ1) is 10.3. The summed E-state index contributed by atoms with van der Waals surface area (Å²) < 4.78 is 0. The maximum absolute atomic E-state index is 12.8. The molecule has 1 aromatic carbocycles. The van der Waals surface area contributed by atoms with Crippen molar-refractivity contribution in [1.29, 1.82) is 0 Å². The van der Waals surface area contributed by atoms with E-state index in [1.54, 1.807) is 0 Å². The molecule has 2 aliphatic carbocycles. The van der Waals surface area contributed by atoms with Crippen LogP contribution in [0.1, 0.15) is 44.1 Å². The van der Waals surface area contributed by atoms with Gasteiger partial charge in [0.2, 0.25) is 5.91 Å². The van der Waals surface area contributed by atoms with Gasteiger partial charge in [0.05, 0.1) is 12.2 Å². The third-order valence-corrected chi connectivity index (χ3v) is 5.29. The number of carbonyl (C=O) groups is 1. The number of amides is 1. The first-order valence-corrected chi connectivity index (χ1v) is 8.45. The van der Waals surface area contributed by atoms with Crippen LogP contribution in [-0.4, -0.2) is 29.1 Å². The molecular formula is C18H24N2O. The van der Waals surface area contributed by atoms with Crippen LogP contribution >= 0.6 is 0 Å². The molecule has 3 aliphatic rings. The molecule has 4 rings (SSSR count). The SMILES string of the molecule is O=C1C(Cc2ccccc2)NC(C2CCCC2)N1C1CC1. The molecule has 2 atom stereocenters. The Labute approximate surface area is 126 Å². The standard InChI is InChI=1S/C18H24N2O/c21-18-16(12-13-6-2-1-3-7-13)19-17(14-8-4-5-9-14)20(18)15-10-11-15/h1-3,6-7,14-17,19H,4-5,8-12H2. The second kappa shape index (κ2) is 5.45. The van der Waals surface area contributed by atoms with Gasteiger partial charge in [-0.1, -0.05) is 43.2 Å². The van der Waals surface area contributed by atoms with E-state index in [4.69, 9.17) is 0 Å². The van der Waals surface area contributed by atoms with E-state index in [0.717, 1.165) is 6.42 Å². The average Bonchev–Trinajstić information content (AvgIpc) is 3.09. The molecule has 2 unspecified atom stereocenters. The van der Waals surface area contributed by atoms with Gasteiger partial charge in [-0.05, 0) is 43.6 Å². The van der Waals surface area contributed by atoms with Crippen LogP contribution in [-0.2, 0) is 11.2 Å². The minimum atomic E-state index is -0.0152. The van der Waals surface area contributed by atoms with E-state index in [-0.39, 0.29) is 6.04 Å². The summed E-state index contributed by atoms with van der Waals surface area (Å²) >= 11 is 0. The molecule has 112 valence electrons. The highest BCUT2D eigenvalue weighted by Gasteiger charge is 2.48. The zero-order valence-corrected chi connectivity index (χ0v) is 12.5. The monoisotopic (exact) mass is 284 g/mol. The number of rotatable bonds is 4. The molecule has 1 aliphatic heterocycles. The van der Waals surface area contributed by atoms with Crippen molar-refractivity contribution >= 4 is 5.91 Å². The summed E-state index contributed by atoms with van der Waals surface area (Å²) in [7, 11) is 0. The molecule has 1 aromatic rings. The second-order valence-electron chi connectivity index (χ2n) is 6.88. The van der Waals surface area contributed by atoms with Crippen LogP contribution in [0.2, 0.25) is 0 Å². The van der Waals surface area contributed by atoms with E-state index in [9.17, 15) is 4.79 Å². The van der Waals surface area contributed by atoms with Crippen molar-refractivity contribution in [3.05, 3.63) is 35.9 Å². The number of hydrogen-bond donors (Lipinski definition) is 1. The zero-order valence-electron chi connectivity index (χ0n) is 12.5. The molecule has 0 spiro atoms. The van der Waals surface area contributed by atoms with Crippen molar-refractivity contribution < 1.29 is 4.79 Å². The molecule has 3 heteroatoms. The smallest absolute Gasteiger partial charge is 0.241 e. The van der Waals surface area contributed by atoms with Gasteiger partial charge in [0.15, 0.2) is 0 Å². The highest BCUT2D eigenvalue weighted by Crippen LogP contribution is 2.38. The normalized spacial score (nSPS) is 30.3. The molecule has 0 bridgehead atoms. The number of benzene rings is 1. The van der Waals surface area contributed by atoms with E-state index in [1.807, 2.05) is 6.07 Å². The summed E-state index contributed by atoms with van der Waals surface area (Å²) in [5.41, 5.74) is 1.26. The van der Waals surface area contributed by atoms with Gasteiger partial charge in [0.1, 0.15) is 0 Å². The summed E-state index contributed by atoms with van der Waals surface area (Å²) in [6.45, 7) is 0. The van der Waals surface area contributed by atoms with E-state index in [2.05, 4.69) is 34.5 Å². The Morgan fingerprint density at radius 1 is 1.05 bits per heavy atom. The lowest BCUT2D eigenvalue weighted by atomic mass is 10.0. The molecule has 0 aromatic heterocycles. The van der Waals surface area contributed by atoms with Crippen LogP contribution < -0.4 is 5.32 Å². The molecule has 1 heterocycles. The molecule has 1 N–H and O–H groups in total. The maximum Gasteiger partial charge on any atom is 0.241 e. The Morgan fingerprint density at radius 3 is 2.43 bits per heavy atom. The number of nitrogens with one attached hydrogen (secondary N) is 1. The van der Waals surface area contributed by atoms with E-state index in [1.165, 1.54) is 44.1 Å². The second-order valence-corrected chi connectivity index (χ2v) is 6.88. The minimum Gasteiger partial charge on any atom is -0.323 e. The van der Waals surface area contributed by atoms with E-state index < -0.39 is 0 Å². The van der Waals surface area contributed by atoms with Gasteiger partial charge in [-0.3, -0.25) is 10.1 Å². The maximum atomic E-state index is 12.8. The quantitative estimate of drug-likeness (QED) is 0.922. The van der Waals surface area contributed by atoms with Gasteiger partial charge in [0.25, 0.3) is 0 Å². The molecule has 0 radical (unpaired) electrons. The fourth-order valence-electron chi connectivity index (χ4n) is 4.07. The summed E-state index contributed by atoms with van der Waals surface area (Å²) in [5.74, 6) is 1.02. The fraction of sp³-hybridized carbons (Fsp3) is 0.611. The Morgan fingerprint density at radius 2 is 1.76 bits per heavy atom. The van der Waals surface area contributed by atoms with Crippen molar-refractivity contribution in [2.45, 2.75) is 63.2 Å². The van der Waals surface area contributed by atoms with Crippen molar-refractivity contribution in [3.63, 3.8) is 0 Å². The fourth-order valence-corrected chi connectivity index (χ4v) is 4.07. The van der Waals surface area contributed by atoms with E-state index in [0.29, 0.717) is 24.0 Å². The topological polar surface area (TPSA) is 32.3 Å². The van der Waals surface area contributed by atoms with Gasteiger partial charge in [0, 0.05) is 6.04 Å². The van der Waals surface area contributed by atoms with Crippen LogP contribution in [0.5, 0.6) is 0 Å². The van der Waals surface area contributed by atoms with Gasteiger partial charge in [-0.15, -0.1) is 0 Å². The van der Waals surface area contributed by atoms with Crippen LogP contribution in [0, 0.1) is 5.92 Å². The minimum absolute atomic E-state index is 0.0152. The molecule has 1 saturated heterocycles. The first-order valence-electron chi connectivity index (χ1n) is 8.45. The first kappa shape index (κ1) is 13.3. The lowest BCUT2D eigenvalue weighted by molar-refractivity contribution is -0.131. The average molecular weight is 284 g/mol. The van der Waals surface area contributed by atoms with Crippen molar-refractivity contribution in [3.8, 4) is 0 Å². The summed E-state index contributed by atoms with van der Waals surface area (Å²) in [6, 6.07) is 10.9. The lowest BCUT2D eigenvalue weighted by Gasteiger charge is -2.28. The van der Waals surface area contributed by atoms with Gasteiger partial charge >= 0.3 is 0 Å². The summed E-state index contributed by atoms with van der Waals surface area (Å²) in [5, 5.41) is 3.68. The van der Waals surface area contributed by atoms with Crippen molar-refractivity contribution in [2.24, 2.45) is 5.92 Å². The van der Waals surface area contributed by atoms with Crippen LogP contribution in [0.15, 0.2) is 30.3 Å². The van der Waals surface area contributed by atoms with Gasteiger partial charge < -0.3 is 4.90 Å². The number of carbonyl (C=O) groups excluding carboxylic acids is 1. The predicted octanol–water partition coefficient (Wildman–Crippen LogP) is 2.71. The zero-order chi connectivity index (χ0) is 14.2. The van der Waals surface area contributed by atoms with E-state index >= 15 is 0 Å². The molecule has 3 fully saturated rings. The van der Waals surface area contributed by atoms with Crippen LogP contribution in [0.25, 0.3) is 0 Å². The summed E-state index contributed by atoms with van der Waals surface area (Å²) in [6.07, 6.45) is 8.77. The largest absolute Gasteiger partial charge is 0.323 e. The summed E-state index contributed by atoms with van der Waals surface area (Å²) in [4.78, 5) is 15.0.